The van der Waals surface area contributed by atoms with E-state index >= 15 is 0 Å². The minimum absolute atomic E-state index is 0.151. The van der Waals surface area contributed by atoms with Crippen LogP contribution in [0.25, 0.3) is 0 Å². The summed E-state index contributed by atoms with van der Waals surface area (Å²) >= 11 is 0. The molecule has 7 nitrogen and oxygen atoms in total. The Hall–Kier alpha value is -2.40. The summed E-state index contributed by atoms with van der Waals surface area (Å²) in [4.78, 5) is 10.3. The molecule has 1 saturated heterocycles. The second-order valence-corrected chi connectivity index (χ2v) is 8.58. The lowest BCUT2D eigenvalue weighted by Crippen LogP contribution is -2.49. The fraction of sp³-hybridized carbons (Fsp3) is 0.444. The highest BCUT2D eigenvalue weighted by Crippen LogP contribution is 2.31. The van der Waals surface area contributed by atoms with Crippen LogP contribution < -0.4 is 10.2 Å². The van der Waals surface area contributed by atoms with E-state index < -0.39 is 21.8 Å². The van der Waals surface area contributed by atoms with E-state index in [9.17, 15) is 21.6 Å². The molecule has 0 unspecified atom stereocenters. The molecule has 0 atom stereocenters. The average Bonchev–Trinajstić information content (AvgIpc) is 2.67. The number of nitrogens with one attached hydrogen (secondary N) is 1. The van der Waals surface area contributed by atoms with Gasteiger partial charge in [0.15, 0.2) is 0 Å². The molecule has 0 saturated carbocycles. The fourth-order valence-electron chi connectivity index (χ4n) is 3.09. The van der Waals surface area contributed by atoms with E-state index in [0.717, 1.165) is 17.8 Å². The van der Waals surface area contributed by atoms with Crippen molar-refractivity contribution >= 4 is 21.8 Å². The molecule has 0 bridgehead atoms. The quantitative estimate of drug-likeness (QED) is 0.788. The molecule has 1 N–H and O–H groups in total. The number of nitrogens with zero attached hydrogens (tertiary/aromatic N) is 4. The first-order chi connectivity index (χ1) is 13.6. The molecule has 0 amide bonds. The van der Waals surface area contributed by atoms with Crippen molar-refractivity contribution in [1.29, 1.82) is 0 Å². The summed E-state index contributed by atoms with van der Waals surface area (Å²) in [6.45, 7) is 5.51. The van der Waals surface area contributed by atoms with Gasteiger partial charge < -0.3 is 10.2 Å². The maximum Gasteiger partial charge on any atom is 0.416 e. The second-order valence-electron chi connectivity index (χ2n) is 6.64. The van der Waals surface area contributed by atoms with Gasteiger partial charge in [0.1, 0.15) is 5.82 Å². The number of piperazine rings is 1. The van der Waals surface area contributed by atoms with Crippen molar-refractivity contribution in [2.45, 2.75) is 24.9 Å². The van der Waals surface area contributed by atoms with E-state index in [4.69, 9.17) is 0 Å². The zero-order valence-electron chi connectivity index (χ0n) is 16.1. The van der Waals surface area contributed by atoms with Crippen LogP contribution in [0.15, 0.2) is 35.2 Å². The maximum absolute atomic E-state index is 12.9. The Balaban J connectivity index is 1.75. The van der Waals surface area contributed by atoms with Crippen molar-refractivity contribution in [3.05, 3.63) is 41.6 Å². The molecule has 2 heterocycles. The van der Waals surface area contributed by atoms with Gasteiger partial charge in [-0.3, -0.25) is 0 Å². The van der Waals surface area contributed by atoms with Crippen LogP contribution in [0, 0.1) is 6.92 Å². The number of anilines is 2. The molecule has 29 heavy (non-hydrogen) atoms. The smallest absolute Gasteiger partial charge is 0.354 e. The largest absolute Gasteiger partial charge is 0.416 e. The van der Waals surface area contributed by atoms with Crippen LogP contribution in [0.2, 0.25) is 0 Å². The Kier molecular flexibility index (Phi) is 5.99. The van der Waals surface area contributed by atoms with Gasteiger partial charge in [0, 0.05) is 44.5 Å². The number of benzene rings is 1. The molecule has 2 aromatic rings. The maximum atomic E-state index is 12.9. The number of alkyl halides is 3. The first-order valence-electron chi connectivity index (χ1n) is 9.13. The molecule has 158 valence electrons. The predicted octanol–water partition coefficient (Wildman–Crippen LogP) is 2.75. The van der Waals surface area contributed by atoms with Gasteiger partial charge >= 0.3 is 6.18 Å². The van der Waals surface area contributed by atoms with Gasteiger partial charge in [0.2, 0.25) is 16.0 Å². The molecule has 1 aromatic heterocycles. The number of rotatable bonds is 5. The highest BCUT2D eigenvalue weighted by atomic mass is 32.2. The van der Waals surface area contributed by atoms with Crippen LogP contribution in [0.5, 0.6) is 0 Å². The number of aromatic nitrogens is 2. The van der Waals surface area contributed by atoms with Crippen LogP contribution in [0.1, 0.15) is 18.2 Å². The molecule has 1 fully saturated rings. The Morgan fingerprint density at radius 1 is 1.10 bits per heavy atom. The van der Waals surface area contributed by atoms with Crippen molar-refractivity contribution in [1.82, 2.24) is 14.3 Å². The molecule has 3 rings (SSSR count). The van der Waals surface area contributed by atoms with E-state index in [1.54, 1.807) is 0 Å². The number of hydrogen-bond acceptors (Lipinski definition) is 6. The van der Waals surface area contributed by atoms with Crippen LogP contribution in [0.3, 0.4) is 0 Å². The van der Waals surface area contributed by atoms with Crippen LogP contribution in [-0.4, -0.2) is 55.4 Å². The van der Waals surface area contributed by atoms with Gasteiger partial charge in [0.25, 0.3) is 0 Å². The SMILES string of the molecule is CCNc1nc(C)cc(N2CCN(S(=O)(=O)c3cccc(C(F)(F)F)c3)CC2)n1. The van der Waals surface area contributed by atoms with Crippen LogP contribution >= 0.6 is 0 Å². The average molecular weight is 429 g/mol. The van der Waals surface area contributed by atoms with Gasteiger partial charge in [0.05, 0.1) is 10.5 Å². The third kappa shape index (κ3) is 4.78. The summed E-state index contributed by atoms with van der Waals surface area (Å²) < 4.78 is 65.6. The molecule has 0 radical (unpaired) electrons. The van der Waals surface area contributed by atoms with E-state index in [2.05, 4.69) is 15.3 Å². The van der Waals surface area contributed by atoms with E-state index in [0.29, 0.717) is 37.5 Å². The normalized spacial score (nSPS) is 16.1. The standard InChI is InChI=1S/C18H22F3N5O2S/c1-3-22-17-23-13(2)11-16(24-17)25-7-9-26(10-8-25)29(27,28)15-6-4-5-14(12-15)18(19,20)21/h4-6,11-12H,3,7-10H2,1-2H3,(H,22,23,24). The van der Waals surface area contributed by atoms with Crippen molar-refractivity contribution in [3.8, 4) is 0 Å². The monoisotopic (exact) mass is 429 g/mol. The summed E-state index contributed by atoms with van der Waals surface area (Å²) in [5.41, 5.74) is -0.199. The Morgan fingerprint density at radius 2 is 1.79 bits per heavy atom. The minimum atomic E-state index is -4.60. The predicted molar refractivity (Wildman–Crippen MR) is 103 cm³/mol. The number of sulfonamides is 1. The Morgan fingerprint density at radius 3 is 2.41 bits per heavy atom. The van der Waals surface area contributed by atoms with E-state index in [1.165, 1.54) is 10.4 Å². The zero-order chi connectivity index (χ0) is 21.2. The number of halogens is 3. The molecule has 1 aromatic carbocycles. The van der Waals surface area contributed by atoms with Crippen molar-refractivity contribution in [2.24, 2.45) is 0 Å². The van der Waals surface area contributed by atoms with Crippen LogP contribution in [0.4, 0.5) is 24.9 Å². The third-order valence-corrected chi connectivity index (χ3v) is 6.43. The van der Waals surface area contributed by atoms with E-state index in [1.807, 2.05) is 24.8 Å². The Bertz CT molecular complexity index is 974. The zero-order valence-corrected chi connectivity index (χ0v) is 16.9. The first kappa shape index (κ1) is 21.3. The summed E-state index contributed by atoms with van der Waals surface area (Å²) in [6.07, 6.45) is -4.60. The minimum Gasteiger partial charge on any atom is -0.354 e. The lowest BCUT2D eigenvalue weighted by atomic mass is 10.2. The lowest BCUT2D eigenvalue weighted by molar-refractivity contribution is -0.137. The highest BCUT2D eigenvalue weighted by Gasteiger charge is 2.34. The summed E-state index contributed by atoms with van der Waals surface area (Å²) in [7, 11) is -4.01. The lowest BCUT2D eigenvalue weighted by Gasteiger charge is -2.34. The molecule has 0 aliphatic carbocycles. The van der Waals surface area contributed by atoms with Crippen LogP contribution in [-0.2, 0) is 16.2 Å². The number of aryl methyl sites for hydroxylation is 1. The Labute approximate surface area is 167 Å². The summed E-state index contributed by atoms with van der Waals surface area (Å²) in [5.74, 6) is 1.19. The van der Waals surface area contributed by atoms with Crippen molar-refractivity contribution in [2.75, 3.05) is 42.9 Å². The molecular formula is C18H22F3N5O2S. The van der Waals surface area contributed by atoms with Gasteiger partial charge in [-0.25, -0.2) is 13.4 Å². The number of hydrogen-bond donors (Lipinski definition) is 1. The summed E-state index contributed by atoms with van der Waals surface area (Å²) in [5, 5.41) is 3.05. The van der Waals surface area contributed by atoms with Gasteiger partial charge in [-0.2, -0.15) is 22.5 Å². The van der Waals surface area contributed by atoms with Gasteiger partial charge in [-0.15, -0.1) is 0 Å². The fourth-order valence-corrected chi connectivity index (χ4v) is 4.56. The molecule has 0 spiro atoms. The third-order valence-electron chi connectivity index (χ3n) is 4.54. The molecule has 1 aliphatic rings. The van der Waals surface area contributed by atoms with Gasteiger partial charge in [-0.1, -0.05) is 6.07 Å². The highest BCUT2D eigenvalue weighted by molar-refractivity contribution is 7.89. The molecule has 1 aliphatic heterocycles. The van der Waals surface area contributed by atoms with Crippen molar-refractivity contribution in [3.63, 3.8) is 0 Å². The van der Waals surface area contributed by atoms with Gasteiger partial charge in [-0.05, 0) is 32.0 Å². The first-order valence-corrected chi connectivity index (χ1v) is 10.6. The van der Waals surface area contributed by atoms with E-state index in [-0.39, 0.29) is 18.0 Å². The molecular weight excluding hydrogens is 407 g/mol. The van der Waals surface area contributed by atoms with Crippen molar-refractivity contribution < 1.29 is 21.6 Å². The topological polar surface area (TPSA) is 78.4 Å². The molecule has 11 heteroatoms. The second kappa shape index (κ2) is 8.15. The summed E-state index contributed by atoms with van der Waals surface area (Å²) in [6, 6.07) is 5.65.